The first-order valence-corrected chi connectivity index (χ1v) is 12.1. The first kappa shape index (κ1) is 23.3. The maximum Gasteiger partial charge on any atom is 0.236 e. The molecule has 3 heterocycles. The van der Waals surface area contributed by atoms with E-state index in [1.54, 1.807) is 6.07 Å². The van der Waals surface area contributed by atoms with Gasteiger partial charge in [-0.1, -0.05) is 17.7 Å². The summed E-state index contributed by atoms with van der Waals surface area (Å²) in [6, 6.07) is 7.34. The fourth-order valence-electron chi connectivity index (χ4n) is 5.00. The van der Waals surface area contributed by atoms with E-state index in [9.17, 15) is 9.59 Å². The summed E-state index contributed by atoms with van der Waals surface area (Å²) in [5.41, 5.74) is -0.406. The first-order chi connectivity index (χ1) is 15.5. The number of benzene rings is 1. The van der Waals surface area contributed by atoms with Crippen LogP contribution < -0.4 is 4.74 Å². The van der Waals surface area contributed by atoms with E-state index in [1.165, 1.54) is 12.8 Å². The number of morpholine rings is 1. The molecule has 1 aromatic rings. The van der Waals surface area contributed by atoms with Gasteiger partial charge in [-0.05, 0) is 57.0 Å². The highest BCUT2D eigenvalue weighted by Crippen LogP contribution is 2.36. The van der Waals surface area contributed by atoms with Crippen molar-refractivity contribution >= 4 is 23.4 Å². The van der Waals surface area contributed by atoms with Gasteiger partial charge in [0.1, 0.15) is 5.75 Å². The minimum Gasteiger partial charge on any atom is -0.493 e. The molecular formula is C24H34ClN3O4. The fourth-order valence-corrected chi connectivity index (χ4v) is 5.18. The number of hydrogen-bond donors (Lipinski definition) is 0. The highest BCUT2D eigenvalue weighted by Gasteiger charge is 2.41. The van der Waals surface area contributed by atoms with Gasteiger partial charge in [-0.25, -0.2) is 0 Å². The minimum absolute atomic E-state index is 0.122. The Morgan fingerprint density at radius 1 is 1.00 bits per heavy atom. The van der Waals surface area contributed by atoms with Gasteiger partial charge < -0.3 is 19.3 Å². The highest BCUT2D eigenvalue weighted by molar-refractivity contribution is 6.30. The summed E-state index contributed by atoms with van der Waals surface area (Å²) in [4.78, 5) is 32.3. The molecule has 2 amide bonds. The normalized spacial score (nSPS) is 24.5. The summed E-state index contributed by atoms with van der Waals surface area (Å²) in [7, 11) is 0. The molecule has 0 aromatic heterocycles. The molecule has 0 aliphatic carbocycles. The molecule has 1 aromatic carbocycles. The van der Waals surface area contributed by atoms with Crippen LogP contribution in [0.15, 0.2) is 24.3 Å². The Balaban J connectivity index is 1.46. The third-order valence-corrected chi connectivity index (χ3v) is 7.04. The Morgan fingerprint density at radius 3 is 2.53 bits per heavy atom. The third-order valence-electron chi connectivity index (χ3n) is 6.80. The second kappa shape index (κ2) is 10.9. The van der Waals surface area contributed by atoms with E-state index >= 15 is 0 Å². The summed E-state index contributed by atoms with van der Waals surface area (Å²) >= 11 is 6.12. The quantitative estimate of drug-likeness (QED) is 0.622. The van der Waals surface area contributed by atoms with Crippen molar-refractivity contribution in [3.8, 4) is 5.75 Å². The maximum atomic E-state index is 13.2. The van der Waals surface area contributed by atoms with Crippen LogP contribution in [0.3, 0.4) is 0 Å². The van der Waals surface area contributed by atoms with E-state index in [2.05, 4.69) is 4.90 Å². The number of halogens is 1. The van der Waals surface area contributed by atoms with E-state index in [1.807, 2.05) is 28.0 Å². The summed E-state index contributed by atoms with van der Waals surface area (Å²) in [6.45, 7) is 6.57. The minimum atomic E-state index is -0.406. The Hall–Kier alpha value is -1.83. The molecular weight excluding hydrogens is 430 g/mol. The molecule has 0 N–H and O–H groups in total. The van der Waals surface area contributed by atoms with Crippen molar-refractivity contribution in [2.45, 2.75) is 32.1 Å². The molecule has 0 saturated carbocycles. The van der Waals surface area contributed by atoms with E-state index in [0.29, 0.717) is 63.2 Å². The molecule has 3 fully saturated rings. The molecule has 0 spiro atoms. The number of rotatable bonds is 7. The van der Waals surface area contributed by atoms with Crippen LogP contribution in [0.5, 0.6) is 5.75 Å². The Morgan fingerprint density at radius 2 is 1.78 bits per heavy atom. The van der Waals surface area contributed by atoms with Gasteiger partial charge in [-0.3, -0.25) is 14.5 Å². The lowest BCUT2D eigenvalue weighted by Gasteiger charge is -2.43. The second-order valence-electron chi connectivity index (χ2n) is 9.32. The van der Waals surface area contributed by atoms with Crippen LogP contribution in [-0.4, -0.2) is 92.1 Å². The van der Waals surface area contributed by atoms with Crippen molar-refractivity contribution in [3.63, 3.8) is 0 Å². The van der Waals surface area contributed by atoms with Gasteiger partial charge in [0.2, 0.25) is 11.8 Å². The molecule has 0 bridgehead atoms. The predicted molar refractivity (Wildman–Crippen MR) is 123 cm³/mol. The molecule has 0 unspecified atom stereocenters. The zero-order valence-electron chi connectivity index (χ0n) is 18.8. The topological polar surface area (TPSA) is 62.3 Å². The largest absolute Gasteiger partial charge is 0.493 e. The smallest absolute Gasteiger partial charge is 0.236 e. The number of ether oxygens (including phenoxy) is 2. The lowest BCUT2D eigenvalue weighted by Crippen LogP contribution is -2.53. The van der Waals surface area contributed by atoms with Gasteiger partial charge in [0.25, 0.3) is 0 Å². The van der Waals surface area contributed by atoms with Gasteiger partial charge >= 0.3 is 0 Å². The standard InChI is InChI=1S/C24H34ClN3O4/c25-20-5-3-6-21(15-20)32-19-24(16-22(29)27-11-13-31-14-12-27)7-4-10-28(18-24)23(30)17-26-8-1-2-9-26/h3,5-6,15H,1-2,4,7-14,16-19H2/t24-/m0/s1. The lowest BCUT2D eigenvalue weighted by atomic mass is 9.77. The van der Waals surface area contributed by atoms with Gasteiger partial charge in [0, 0.05) is 43.0 Å². The van der Waals surface area contributed by atoms with E-state index in [4.69, 9.17) is 21.1 Å². The monoisotopic (exact) mass is 463 g/mol. The van der Waals surface area contributed by atoms with Crippen LogP contribution in [0.2, 0.25) is 5.02 Å². The number of hydrogen-bond acceptors (Lipinski definition) is 5. The summed E-state index contributed by atoms with van der Waals surface area (Å²) in [5.74, 6) is 0.977. The van der Waals surface area contributed by atoms with Gasteiger partial charge in [0.15, 0.2) is 0 Å². The molecule has 176 valence electrons. The van der Waals surface area contributed by atoms with Gasteiger partial charge in [-0.2, -0.15) is 0 Å². The highest BCUT2D eigenvalue weighted by atomic mass is 35.5. The van der Waals surface area contributed by atoms with Crippen LogP contribution in [-0.2, 0) is 14.3 Å². The molecule has 32 heavy (non-hydrogen) atoms. The fraction of sp³-hybridized carbons (Fsp3) is 0.667. The SMILES string of the molecule is O=C(C[C@@]1(COc2cccc(Cl)c2)CCCN(C(=O)CN2CCCC2)C1)N1CCOCC1. The number of piperidine rings is 1. The average Bonchev–Trinajstić information content (AvgIpc) is 3.32. The van der Waals surface area contributed by atoms with E-state index < -0.39 is 5.41 Å². The molecule has 7 nitrogen and oxygen atoms in total. The molecule has 3 aliphatic heterocycles. The zero-order valence-corrected chi connectivity index (χ0v) is 19.5. The number of carbonyl (C=O) groups excluding carboxylic acids is 2. The Bertz CT molecular complexity index is 795. The number of amides is 2. The van der Waals surface area contributed by atoms with Crippen LogP contribution in [0.25, 0.3) is 0 Å². The van der Waals surface area contributed by atoms with Crippen molar-refractivity contribution in [2.75, 3.05) is 65.6 Å². The van der Waals surface area contributed by atoms with Crippen molar-refractivity contribution in [1.29, 1.82) is 0 Å². The number of likely N-dealkylation sites (tertiary alicyclic amines) is 2. The maximum absolute atomic E-state index is 13.2. The molecule has 0 radical (unpaired) electrons. The Labute approximate surface area is 195 Å². The second-order valence-corrected chi connectivity index (χ2v) is 9.75. The van der Waals surface area contributed by atoms with E-state index in [-0.39, 0.29) is 11.8 Å². The molecule has 3 aliphatic rings. The molecule has 4 rings (SSSR count). The van der Waals surface area contributed by atoms with Crippen molar-refractivity contribution in [2.24, 2.45) is 5.41 Å². The third kappa shape index (κ3) is 6.15. The summed E-state index contributed by atoms with van der Waals surface area (Å²) in [5, 5.41) is 0.618. The number of carbonyl (C=O) groups is 2. The summed E-state index contributed by atoms with van der Waals surface area (Å²) < 4.78 is 11.6. The van der Waals surface area contributed by atoms with Crippen molar-refractivity contribution in [3.05, 3.63) is 29.3 Å². The Kier molecular flexibility index (Phi) is 7.92. The van der Waals surface area contributed by atoms with Crippen LogP contribution in [0, 0.1) is 5.41 Å². The van der Waals surface area contributed by atoms with Gasteiger partial charge in [0.05, 0.1) is 26.4 Å². The average molecular weight is 464 g/mol. The predicted octanol–water partition coefficient (Wildman–Crippen LogP) is 2.67. The van der Waals surface area contributed by atoms with Crippen LogP contribution >= 0.6 is 11.6 Å². The summed E-state index contributed by atoms with van der Waals surface area (Å²) in [6.07, 6.45) is 4.44. The number of nitrogens with zero attached hydrogens (tertiary/aromatic N) is 3. The van der Waals surface area contributed by atoms with E-state index in [0.717, 1.165) is 32.5 Å². The molecule has 3 saturated heterocycles. The molecule has 1 atom stereocenters. The zero-order chi connectivity index (χ0) is 22.4. The van der Waals surface area contributed by atoms with Crippen LogP contribution in [0.4, 0.5) is 0 Å². The van der Waals surface area contributed by atoms with Gasteiger partial charge in [-0.15, -0.1) is 0 Å². The van der Waals surface area contributed by atoms with Crippen LogP contribution in [0.1, 0.15) is 32.1 Å². The first-order valence-electron chi connectivity index (χ1n) is 11.8. The molecule has 8 heteroatoms. The van der Waals surface area contributed by atoms with Crippen molar-refractivity contribution < 1.29 is 19.1 Å². The lowest BCUT2D eigenvalue weighted by molar-refractivity contribution is -0.144. The van der Waals surface area contributed by atoms with Crippen molar-refractivity contribution in [1.82, 2.24) is 14.7 Å².